The molecule has 1 saturated heterocycles. The summed E-state index contributed by atoms with van der Waals surface area (Å²) in [5.41, 5.74) is 3.60. The van der Waals surface area contributed by atoms with Gasteiger partial charge in [-0.05, 0) is 36.0 Å². The predicted octanol–water partition coefficient (Wildman–Crippen LogP) is 3.52. The standard InChI is InChI=1S/C18H25NO2/c1-2-3-4-5-10-19-16(12-18(19)21)14-6-8-15-13(11-14)7-9-17(15)20/h6,8,11,16-17,20H,2-5,7,9-10,12H2,1H3/t16-,17?/m1/s1. The number of hydrogen-bond acceptors (Lipinski definition) is 2. The third kappa shape index (κ3) is 2.84. The van der Waals surface area contributed by atoms with Crippen LogP contribution in [0, 0.1) is 0 Å². The summed E-state index contributed by atoms with van der Waals surface area (Å²) in [4.78, 5) is 13.9. The first kappa shape index (κ1) is 14.6. The molecule has 1 aliphatic heterocycles. The monoisotopic (exact) mass is 287 g/mol. The van der Waals surface area contributed by atoms with Crippen molar-refractivity contribution < 1.29 is 9.90 Å². The molecule has 1 aliphatic carbocycles. The zero-order chi connectivity index (χ0) is 14.8. The van der Waals surface area contributed by atoms with Gasteiger partial charge in [0, 0.05) is 6.54 Å². The van der Waals surface area contributed by atoms with Crippen LogP contribution in [0.5, 0.6) is 0 Å². The van der Waals surface area contributed by atoms with Crippen LogP contribution in [-0.2, 0) is 11.2 Å². The number of benzene rings is 1. The smallest absolute Gasteiger partial charge is 0.225 e. The van der Waals surface area contributed by atoms with Crippen LogP contribution in [0.15, 0.2) is 18.2 Å². The SMILES string of the molecule is CCCCCCN1C(=O)C[C@@H]1c1ccc2c(c1)CCC2O. The number of hydrogen-bond donors (Lipinski definition) is 1. The maximum Gasteiger partial charge on any atom is 0.225 e. The van der Waals surface area contributed by atoms with Crippen LogP contribution in [-0.4, -0.2) is 22.5 Å². The van der Waals surface area contributed by atoms with E-state index in [1.54, 1.807) is 0 Å². The maximum atomic E-state index is 11.8. The molecule has 21 heavy (non-hydrogen) atoms. The van der Waals surface area contributed by atoms with E-state index in [0.717, 1.165) is 31.4 Å². The molecule has 1 aromatic carbocycles. The second-order valence-corrected chi connectivity index (χ2v) is 6.38. The number of aliphatic hydroxyl groups is 1. The highest BCUT2D eigenvalue weighted by Crippen LogP contribution is 2.38. The van der Waals surface area contributed by atoms with Crippen molar-refractivity contribution in [2.45, 2.75) is 64.0 Å². The van der Waals surface area contributed by atoms with E-state index in [2.05, 4.69) is 25.1 Å². The molecule has 1 unspecified atom stereocenters. The van der Waals surface area contributed by atoms with E-state index < -0.39 is 0 Å². The zero-order valence-electron chi connectivity index (χ0n) is 12.8. The highest BCUT2D eigenvalue weighted by atomic mass is 16.3. The Morgan fingerprint density at radius 2 is 2.14 bits per heavy atom. The van der Waals surface area contributed by atoms with Crippen molar-refractivity contribution in [1.82, 2.24) is 4.90 Å². The van der Waals surface area contributed by atoms with Gasteiger partial charge in [-0.2, -0.15) is 0 Å². The molecule has 0 saturated carbocycles. The molecule has 1 amide bonds. The van der Waals surface area contributed by atoms with Crippen molar-refractivity contribution in [3.8, 4) is 0 Å². The number of fused-ring (bicyclic) bond motifs is 1. The summed E-state index contributed by atoms with van der Waals surface area (Å²) in [5.74, 6) is 0.289. The minimum atomic E-state index is -0.290. The lowest BCUT2D eigenvalue weighted by Gasteiger charge is -2.41. The van der Waals surface area contributed by atoms with E-state index in [1.807, 2.05) is 4.90 Å². The quantitative estimate of drug-likeness (QED) is 0.642. The van der Waals surface area contributed by atoms with Gasteiger partial charge in [0.05, 0.1) is 18.6 Å². The van der Waals surface area contributed by atoms with Gasteiger partial charge >= 0.3 is 0 Å². The van der Waals surface area contributed by atoms with E-state index in [-0.39, 0.29) is 18.1 Å². The molecule has 1 heterocycles. The summed E-state index contributed by atoms with van der Waals surface area (Å²) in [6.07, 6.45) is 6.96. The second-order valence-electron chi connectivity index (χ2n) is 6.38. The van der Waals surface area contributed by atoms with E-state index in [4.69, 9.17) is 0 Å². The molecule has 0 bridgehead atoms. The largest absolute Gasteiger partial charge is 0.388 e. The molecule has 1 aromatic rings. The fourth-order valence-corrected chi connectivity index (χ4v) is 3.56. The molecule has 2 aliphatic rings. The molecule has 2 atom stereocenters. The Morgan fingerprint density at radius 3 is 2.90 bits per heavy atom. The number of rotatable bonds is 6. The Morgan fingerprint density at radius 1 is 1.29 bits per heavy atom. The number of likely N-dealkylation sites (tertiary alicyclic amines) is 1. The highest BCUT2D eigenvalue weighted by molar-refractivity contribution is 5.83. The number of amides is 1. The number of unbranched alkanes of at least 4 members (excludes halogenated alkanes) is 3. The van der Waals surface area contributed by atoms with Crippen LogP contribution >= 0.6 is 0 Å². The van der Waals surface area contributed by atoms with E-state index >= 15 is 0 Å². The second kappa shape index (κ2) is 6.18. The molecule has 3 rings (SSSR count). The molecule has 0 radical (unpaired) electrons. The van der Waals surface area contributed by atoms with Crippen LogP contribution in [0.3, 0.4) is 0 Å². The molecule has 1 N–H and O–H groups in total. The lowest BCUT2D eigenvalue weighted by Crippen LogP contribution is -2.46. The summed E-state index contributed by atoms with van der Waals surface area (Å²) >= 11 is 0. The van der Waals surface area contributed by atoms with Gasteiger partial charge < -0.3 is 10.0 Å². The van der Waals surface area contributed by atoms with Gasteiger partial charge in [-0.3, -0.25) is 4.79 Å². The molecule has 114 valence electrons. The van der Waals surface area contributed by atoms with Crippen molar-refractivity contribution in [2.75, 3.05) is 6.54 Å². The number of β-lactam (4-membered cyclic amide) rings is 1. The van der Waals surface area contributed by atoms with Gasteiger partial charge in [0.2, 0.25) is 5.91 Å². The van der Waals surface area contributed by atoms with Gasteiger partial charge in [-0.1, -0.05) is 44.4 Å². The summed E-state index contributed by atoms with van der Waals surface area (Å²) in [6, 6.07) is 6.63. The van der Waals surface area contributed by atoms with E-state index in [9.17, 15) is 9.90 Å². The van der Waals surface area contributed by atoms with Gasteiger partial charge in [0.15, 0.2) is 0 Å². The van der Waals surface area contributed by atoms with Gasteiger partial charge in [-0.15, -0.1) is 0 Å². The van der Waals surface area contributed by atoms with Gasteiger partial charge in [-0.25, -0.2) is 0 Å². The highest BCUT2D eigenvalue weighted by Gasteiger charge is 2.37. The minimum Gasteiger partial charge on any atom is -0.388 e. The first-order valence-electron chi connectivity index (χ1n) is 8.31. The average Bonchev–Trinajstić information content (AvgIpc) is 2.85. The zero-order valence-corrected chi connectivity index (χ0v) is 12.8. The number of nitrogens with zero attached hydrogens (tertiary/aromatic N) is 1. The number of carbonyl (C=O) groups is 1. The van der Waals surface area contributed by atoms with E-state index in [1.165, 1.54) is 30.4 Å². The lowest BCUT2D eigenvalue weighted by molar-refractivity contribution is -0.146. The van der Waals surface area contributed by atoms with Crippen molar-refractivity contribution in [2.24, 2.45) is 0 Å². The Hall–Kier alpha value is -1.35. The van der Waals surface area contributed by atoms with Crippen molar-refractivity contribution in [3.63, 3.8) is 0 Å². The van der Waals surface area contributed by atoms with Crippen molar-refractivity contribution in [1.29, 1.82) is 0 Å². The summed E-state index contributed by atoms with van der Waals surface area (Å²) < 4.78 is 0. The topological polar surface area (TPSA) is 40.5 Å². The molecule has 3 heteroatoms. The summed E-state index contributed by atoms with van der Waals surface area (Å²) in [7, 11) is 0. The normalized spacial score (nSPS) is 24.1. The molecule has 0 spiro atoms. The van der Waals surface area contributed by atoms with Gasteiger partial charge in [0.1, 0.15) is 0 Å². The molecular formula is C18H25NO2. The van der Waals surface area contributed by atoms with Crippen LogP contribution < -0.4 is 0 Å². The van der Waals surface area contributed by atoms with Crippen LogP contribution in [0.1, 0.15) is 74.3 Å². The average molecular weight is 287 g/mol. The Balaban J connectivity index is 1.65. The number of aliphatic hydroxyl groups excluding tert-OH is 1. The Bertz CT molecular complexity index is 526. The first-order valence-corrected chi connectivity index (χ1v) is 8.31. The summed E-state index contributed by atoms with van der Waals surface area (Å²) in [5, 5.41) is 9.88. The fraction of sp³-hybridized carbons (Fsp3) is 0.611. The van der Waals surface area contributed by atoms with Crippen molar-refractivity contribution in [3.05, 3.63) is 34.9 Å². The van der Waals surface area contributed by atoms with Crippen LogP contribution in [0.2, 0.25) is 0 Å². The first-order chi connectivity index (χ1) is 10.2. The Kier molecular flexibility index (Phi) is 4.29. The minimum absolute atomic E-state index is 0.266. The third-order valence-electron chi connectivity index (χ3n) is 4.92. The third-order valence-corrected chi connectivity index (χ3v) is 4.92. The van der Waals surface area contributed by atoms with Crippen molar-refractivity contribution >= 4 is 5.91 Å². The van der Waals surface area contributed by atoms with Crippen LogP contribution in [0.4, 0.5) is 0 Å². The van der Waals surface area contributed by atoms with Crippen LogP contribution in [0.25, 0.3) is 0 Å². The number of carbonyl (C=O) groups excluding carboxylic acids is 1. The maximum absolute atomic E-state index is 11.8. The lowest BCUT2D eigenvalue weighted by atomic mass is 9.91. The van der Waals surface area contributed by atoms with Gasteiger partial charge in [0.25, 0.3) is 0 Å². The van der Waals surface area contributed by atoms with E-state index in [0.29, 0.717) is 6.42 Å². The molecule has 0 aromatic heterocycles. The molecular weight excluding hydrogens is 262 g/mol. The predicted molar refractivity (Wildman–Crippen MR) is 82.9 cm³/mol. The summed E-state index contributed by atoms with van der Waals surface area (Å²) in [6.45, 7) is 3.10. The fourth-order valence-electron chi connectivity index (χ4n) is 3.56. The Labute approximate surface area is 127 Å². The number of aryl methyl sites for hydroxylation is 1. The molecule has 3 nitrogen and oxygen atoms in total. The molecule has 1 fully saturated rings.